The van der Waals surface area contributed by atoms with Crippen molar-refractivity contribution in [3.8, 4) is 0 Å². The van der Waals surface area contributed by atoms with Gasteiger partial charge in [-0.1, -0.05) is 62.4 Å². The molecule has 2 aliphatic carbocycles. The Kier molecular flexibility index (Phi) is 12.3. The molecule has 4 N–H and O–H groups in total. The van der Waals surface area contributed by atoms with Crippen LogP contribution in [0.1, 0.15) is 74.9 Å². The Bertz CT molecular complexity index is 1620. The van der Waals surface area contributed by atoms with Gasteiger partial charge in [-0.3, -0.25) is 19.2 Å². The molecule has 282 valence electrons. The first-order valence-corrected chi connectivity index (χ1v) is 19.5. The van der Waals surface area contributed by atoms with Crippen LogP contribution in [0, 0.1) is 5.41 Å². The number of hydrogen-bond acceptors (Lipinski definition) is 9. The zero-order chi connectivity index (χ0) is 37.0. The Morgan fingerprint density at radius 1 is 0.885 bits per heavy atom. The molecule has 4 amide bonds. The van der Waals surface area contributed by atoms with Gasteiger partial charge < -0.3 is 40.4 Å². The monoisotopic (exact) mass is 735 g/mol. The molecular weight excluding hydrogens is 683 g/mol. The molecule has 6 rings (SSSR count). The molecule has 13 heteroatoms. The number of carbonyl (C=O) groups is 4. The summed E-state index contributed by atoms with van der Waals surface area (Å²) in [7, 11) is 1.71. The van der Waals surface area contributed by atoms with Crippen molar-refractivity contribution in [2.75, 3.05) is 39.2 Å². The van der Waals surface area contributed by atoms with Crippen molar-refractivity contribution in [2.24, 2.45) is 5.41 Å². The molecular formula is C39H53N5O7S. The molecule has 4 aliphatic rings. The number of thioether (sulfide) groups is 1. The third-order valence-electron chi connectivity index (χ3n) is 10.8. The number of nitrogens with one attached hydrogen (secondary N) is 4. The van der Waals surface area contributed by atoms with E-state index in [1.165, 1.54) is 12.5 Å². The third-order valence-corrected chi connectivity index (χ3v) is 12.1. The predicted molar refractivity (Wildman–Crippen MR) is 198 cm³/mol. The van der Waals surface area contributed by atoms with E-state index in [-0.39, 0.29) is 47.3 Å². The summed E-state index contributed by atoms with van der Waals surface area (Å²) in [5.41, 5.74) is 3.92. The summed E-state index contributed by atoms with van der Waals surface area (Å²) in [5, 5.41) is 12.0. The summed E-state index contributed by atoms with van der Waals surface area (Å²) in [6.45, 7) is 8.80. The molecule has 2 aliphatic heterocycles. The zero-order valence-electron chi connectivity index (χ0n) is 30.8. The van der Waals surface area contributed by atoms with Crippen LogP contribution < -0.4 is 21.3 Å². The molecule has 2 aromatic rings. The number of amides is 4. The number of ether oxygens (including phenoxy) is 3. The van der Waals surface area contributed by atoms with Gasteiger partial charge in [-0.15, -0.1) is 11.8 Å². The van der Waals surface area contributed by atoms with E-state index in [0.717, 1.165) is 23.1 Å². The van der Waals surface area contributed by atoms with Gasteiger partial charge in [0.15, 0.2) is 0 Å². The predicted octanol–water partition coefficient (Wildman–Crippen LogP) is 2.80. The fourth-order valence-corrected chi connectivity index (χ4v) is 9.70. The average Bonchev–Trinajstić information content (AvgIpc) is 3.70. The van der Waals surface area contributed by atoms with Crippen molar-refractivity contribution >= 4 is 35.4 Å². The quantitative estimate of drug-likeness (QED) is 0.215. The number of fused-ring (bicyclic) bond motifs is 3. The highest BCUT2D eigenvalue weighted by molar-refractivity contribution is 7.99. The number of benzene rings is 2. The SMILES string of the molecule is CN[C@@H](C)C(=O)N[C@H]1CCS[C@H]2CC(C)(C)[C@@H](C(=O)N[C@H]3c4ccccc4C[C@H]3OCCOCCO[C@@H]3Cc4ccccc4[C@@H]3NC(C)=O)N2C1=O. The lowest BCUT2D eigenvalue weighted by Gasteiger charge is -2.35. The Labute approximate surface area is 310 Å². The molecule has 2 heterocycles. The molecule has 8 atom stereocenters. The highest BCUT2D eigenvalue weighted by Crippen LogP contribution is 2.47. The average molecular weight is 736 g/mol. The number of nitrogens with zero attached hydrogens (tertiary/aromatic N) is 1. The van der Waals surface area contributed by atoms with Crippen LogP contribution in [-0.4, -0.2) is 103 Å². The van der Waals surface area contributed by atoms with E-state index in [1.54, 1.807) is 30.6 Å². The minimum atomic E-state index is -0.702. The maximum Gasteiger partial charge on any atom is 0.246 e. The molecule has 0 unspecified atom stereocenters. The molecule has 52 heavy (non-hydrogen) atoms. The largest absolute Gasteiger partial charge is 0.377 e. The topological polar surface area (TPSA) is 147 Å². The second-order valence-corrected chi connectivity index (χ2v) is 16.2. The Morgan fingerprint density at radius 2 is 1.46 bits per heavy atom. The van der Waals surface area contributed by atoms with E-state index in [1.807, 2.05) is 50.2 Å². The Hall–Kier alpha value is -3.49. The highest BCUT2D eigenvalue weighted by Gasteiger charge is 2.55. The highest BCUT2D eigenvalue weighted by atomic mass is 32.2. The molecule has 2 fully saturated rings. The fourth-order valence-electron chi connectivity index (χ4n) is 8.12. The molecule has 0 radical (unpaired) electrons. The Morgan fingerprint density at radius 3 is 2.04 bits per heavy atom. The van der Waals surface area contributed by atoms with Gasteiger partial charge in [-0.2, -0.15) is 0 Å². The van der Waals surface area contributed by atoms with E-state index in [2.05, 4.69) is 33.4 Å². The van der Waals surface area contributed by atoms with E-state index < -0.39 is 29.6 Å². The van der Waals surface area contributed by atoms with Gasteiger partial charge in [0.1, 0.15) is 12.1 Å². The van der Waals surface area contributed by atoms with Gasteiger partial charge >= 0.3 is 0 Å². The van der Waals surface area contributed by atoms with Crippen molar-refractivity contribution in [3.05, 3.63) is 70.8 Å². The molecule has 0 saturated carbocycles. The van der Waals surface area contributed by atoms with Crippen LogP contribution in [0.3, 0.4) is 0 Å². The summed E-state index contributed by atoms with van der Waals surface area (Å²) >= 11 is 1.68. The standard InChI is InChI=1S/C39H53N5O7S/c1-23(40-5)36(46)42-29-14-19-52-32-22-39(3,4)35(44(32)38(29)48)37(47)43-34-28-13-9-7-11-26(28)21-31(34)51-18-16-49-15-17-50-30-20-25-10-6-8-12-27(25)33(30)41-24(2)45/h6-13,23,29-35,40H,14-22H2,1-5H3,(H,41,45)(H,42,46)(H,43,47)/t23-,29-,30+,31+,32-,33-,34-,35+/m0/s1. The summed E-state index contributed by atoms with van der Waals surface area (Å²) in [6.07, 6.45) is 2.11. The minimum absolute atomic E-state index is 0.0908. The van der Waals surface area contributed by atoms with Gasteiger partial charge in [0.25, 0.3) is 0 Å². The lowest BCUT2D eigenvalue weighted by atomic mass is 9.83. The fraction of sp³-hybridized carbons (Fsp3) is 0.590. The van der Waals surface area contributed by atoms with E-state index >= 15 is 0 Å². The van der Waals surface area contributed by atoms with Crippen LogP contribution in [0.4, 0.5) is 0 Å². The van der Waals surface area contributed by atoms with Crippen molar-refractivity contribution in [2.45, 2.75) is 101 Å². The van der Waals surface area contributed by atoms with Crippen LogP contribution in [0.25, 0.3) is 0 Å². The van der Waals surface area contributed by atoms with Crippen molar-refractivity contribution in [3.63, 3.8) is 0 Å². The smallest absolute Gasteiger partial charge is 0.246 e. The molecule has 0 bridgehead atoms. The minimum Gasteiger partial charge on any atom is -0.377 e. The number of carbonyl (C=O) groups excluding carboxylic acids is 4. The van der Waals surface area contributed by atoms with Crippen LogP contribution in [0.5, 0.6) is 0 Å². The second-order valence-electron chi connectivity index (χ2n) is 14.9. The maximum absolute atomic E-state index is 14.4. The maximum atomic E-state index is 14.4. The second kappa shape index (κ2) is 16.7. The van der Waals surface area contributed by atoms with Gasteiger partial charge in [0.05, 0.1) is 62.1 Å². The van der Waals surface area contributed by atoms with Crippen molar-refractivity contribution in [1.29, 1.82) is 0 Å². The first-order valence-electron chi connectivity index (χ1n) is 18.4. The first kappa shape index (κ1) is 38.2. The van der Waals surface area contributed by atoms with Crippen LogP contribution in [-0.2, 0) is 46.2 Å². The molecule has 0 aromatic heterocycles. The molecule has 2 saturated heterocycles. The van der Waals surface area contributed by atoms with E-state index in [9.17, 15) is 19.2 Å². The normalized spacial score (nSPS) is 28.0. The summed E-state index contributed by atoms with van der Waals surface area (Å²) < 4.78 is 18.4. The summed E-state index contributed by atoms with van der Waals surface area (Å²) in [4.78, 5) is 54.7. The third kappa shape index (κ3) is 8.33. The van der Waals surface area contributed by atoms with Crippen LogP contribution in [0.2, 0.25) is 0 Å². The van der Waals surface area contributed by atoms with Gasteiger partial charge in [0, 0.05) is 19.8 Å². The summed E-state index contributed by atoms with van der Waals surface area (Å²) in [5.74, 6) is -0.0401. The van der Waals surface area contributed by atoms with Gasteiger partial charge in [-0.05, 0) is 60.2 Å². The lowest BCUT2D eigenvalue weighted by Crippen LogP contribution is -2.58. The van der Waals surface area contributed by atoms with Crippen LogP contribution >= 0.6 is 11.8 Å². The number of hydrogen-bond donors (Lipinski definition) is 4. The van der Waals surface area contributed by atoms with Crippen LogP contribution in [0.15, 0.2) is 48.5 Å². The van der Waals surface area contributed by atoms with Crippen molar-refractivity contribution < 1.29 is 33.4 Å². The first-order chi connectivity index (χ1) is 25.0. The van der Waals surface area contributed by atoms with Gasteiger partial charge in [-0.25, -0.2) is 0 Å². The van der Waals surface area contributed by atoms with Gasteiger partial charge in [0.2, 0.25) is 23.6 Å². The molecule has 0 spiro atoms. The lowest BCUT2D eigenvalue weighted by molar-refractivity contribution is -0.144. The number of likely N-dealkylation sites (N-methyl/N-ethyl adjacent to an activating group) is 1. The Balaban J connectivity index is 1.04. The van der Waals surface area contributed by atoms with E-state index in [4.69, 9.17) is 14.2 Å². The summed E-state index contributed by atoms with van der Waals surface area (Å²) in [6, 6.07) is 13.7. The molecule has 2 aromatic carbocycles. The van der Waals surface area contributed by atoms with E-state index in [0.29, 0.717) is 51.4 Å². The van der Waals surface area contributed by atoms with Crippen molar-refractivity contribution in [1.82, 2.24) is 26.2 Å². The number of rotatable bonds is 14. The zero-order valence-corrected chi connectivity index (χ0v) is 31.6. The molecule has 12 nitrogen and oxygen atoms in total.